The number of hydrogen-bond donors (Lipinski definition) is 2. The second-order valence-electron chi connectivity index (χ2n) is 4.25. The Balaban J connectivity index is 2.36. The number of aliphatic hydroxyl groups excluding tert-OH is 1. The van der Waals surface area contributed by atoms with Crippen molar-refractivity contribution in [2.24, 2.45) is 0 Å². The summed E-state index contributed by atoms with van der Waals surface area (Å²) in [5.74, 6) is -0.190. The van der Waals surface area contributed by atoms with Crippen LogP contribution in [0.3, 0.4) is 0 Å². The average Bonchev–Trinajstić information content (AvgIpc) is 2.46. The van der Waals surface area contributed by atoms with E-state index in [0.717, 1.165) is 5.06 Å². The van der Waals surface area contributed by atoms with Crippen LogP contribution < -0.4 is 19.9 Å². The van der Waals surface area contributed by atoms with Gasteiger partial charge in [-0.05, 0) is 19.2 Å². The Hall–Kier alpha value is -0.960. The first-order valence-electron chi connectivity index (χ1n) is 6.05. The number of halogens is 3. The predicted octanol–water partition coefficient (Wildman–Crippen LogP) is 1.59. The van der Waals surface area contributed by atoms with E-state index in [1.165, 1.54) is 26.3 Å². The van der Waals surface area contributed by atoms with Gasteiger partial charge in [0.1, 0.15) is 11.4 Å². The van der Waals surface area contributed by atoms with Gasteiger partial charge >= 0.3 is 5.91 Å². The van der Waals surface area contributed by atoms with Crippen LogP contribution in [0.15, 0.2) is 18.2 Å². The molecule has 1 aliphatic heterocycles. The van der Waals surface area contributed by atoms with E-state index >= 15 is 0 Å². The van der Waals surface area contributed by atoms with Gasteiger partial charge in [0.15, 0.2) is 12.0 Å². The van der Waals surface area contributed by atoms with Gasteiger partial charge in [-0.15, -0.1) is 0 Å². The van der Waals surface area contributed by atoms with Crippen molar-refractivity contribution in [3.05, 3.63) is 18.2 Å². The van der Waals surface area contributed by atoms with Crippen molar-refractivity contribution in [2.45, 2.75) is 16.3 Å². The third-order valence-electron chi connectivity index (χ3n) is 2.81. The maximum absolute atomic E-state index is 12.1. The lowest BCUT2D eigenvalue weighted by atomic mass is 10.2. The van der Waals surface area contributed by atoms with Crippen LogP contribution in [0.4, 0.5) is 5.69 Å². The molecule has 22 heavy (non-hydrogen) atoms. The molecule has 1 heterocycles. The summed E-state index contributed by atoms with van der Waals surface area (Å²) in [7, 11) is 2.96. The molecule has 0 aromatic heterocycles. The molecule has 1 aromatic rings. The molecule has 2 N–H and O–H groups in total. The number of benzene rings is 1. The molecule has 0 aliphatic carbocycles. The number of ether oxygens (including phenoxy) is 2. The first kappa shape index (κ1) is 17.4. The minimum absolute atomic E-state index is 0.186. The number of methoxy groups -OCH3 is 1. The van der Waals surface area contributed by atoms with E-state index in [0.29, 0.717) is 5.75 Å². The third-order valence-corrected chi connectivity index (χ3v) is 3.40. The molecule has 2 atom stereocenters. The molecular weight excluding hydrogens is 358 g/mol. The maximum Gasteiger partial charge on any atom is 0.320 e. The molecule has 1 aliphatic rings. The molecule has 10 heteroatoms. The fourth-order valence-electron chi connectivity index (χ4n) is 1.76. The summed E-state index contributed by atoms with van der Waals surface area (Å²) in [6.07, 6.45) is -2.88. The number of nitrogens with zero attached hydrogens (tertiary/aromatic N) is 1. The SMILES string of the molecule is CN[C@@H](ON1C(=O)[C@H](O)Oc2cc(OC)ccc21)C(Cl)(Cl)Cl. The summed E-state index contributed by atoms with van der Waals surface area (Å²) in [4.78, 5) is 17.4. The fourth-order valence-corrected chi connectivity index (χ4v) is 2.21. The van der Waals surface area contributed by atoms with Crippen LogP contribution in [0.25, 0.3) is 0 Å². The van der Waals surface area contributed by atoms with Gasteiger partial charge in [0.2, 0.25) is 3.79 Å². The monoisotopic (exact) mass is 370 g/mol. The number of anilines is 1. The summed E-state index contributed by atoms with van der Waals surface area (Å²) in [5.41, 5.74) is 0.241. The normalized spacial score (nSPS) is 19.5. The van der Waals surface area contributed by atoms with Gasteiger partial charge in [0, 0.05) is 6.07 Å². The maximum atomic E-state index is 12.1. The van der Waals surface area contributed by atoms with Gasteiger partial charge in [-0.3, -0.25) is 10.1 Å². The van der Waals surface area contributed by atoms with E-state index in [2.05, 4.69) is 5.32 Å². The molecule has 0 unspecified atom stereocenters. The zero-order valence-electron chi connectivity index (χ0n) is 11.5. The van der Waals surface area contributed by atoms with Crippen molar-refractivity contribution in [1.29, 1.82) is 0 Å². The zero-order chi connectivity index (χ0) is 16.5. The molecule has 1 amide bonds. The molecule has 0 spiro atoms. The molecule has 0 saturated carbocycles. The second-order valence-corrected chi connectivity index (χ2v) is 6.62. The van der Waals surface area contributed by atoms with E-state index in [1.54, 1.807) is 6.07 Å². The number of hydrogen-bond acceptors (Lipinski definition) is 6. The van der Waals surface area contributed by atoms with Crippen LogP contribution >= 0.6 is 34.8 Å². The number of carbonyl (C=O) groups is 1. The van der Waals surface area contributed by atoms with Gasteiger partial charge in [-0.2, -0.15) is 5.06 Å². The Bertz CT molecular complexity index is 566. The van der Waals surface area contributed by atoms with Crippen molar-refractivity contribution in [1.82, 2.24) is 5.32 Å². The number of rotatable bonds is 4. The summed E-state index contributed by atoms with van der Waals surface area (Å²) in [5, 5.41) is 13.1. The Morgan fingerprint density at radius 1 is 1.45 bits per heavy atom. The van der Waals surface area contributed by atoms with Crippen molar-refractivity contribution in [3.8, 4) is 11.5 Å². The highest BCUT2D eigenvalue weighted by atomic mass is 35.6. The lowest BCUT2D eigenvalue weighted by Gasteiger charge is -2.35. The number of hydroxylamine groups is 1. The Morgan fingerprint density at radius 2 is 2.14 bits per heavy atom. The molecule has 0 saturated heterocycles. The van der Waals surface area contributed by atoms with E-state index in [1.807, 2.05) is 0 Å². The van der Waals surface area contributed by atoms with Crippen molar-refractivity contribution in [3.63, 3.8) is 0 Å². The molecule has 7 nitrogen and oxygen atoms in total. The summed E-state index contributed by atoms with van der Waals surface area (Å²) in [6, 6.07) is 4.60. The van der Waals surface area contributed by atoms with E-state index in [9.17, 15) is 9.90 Å². The number of amides is 1. The summed E-state index contributed by atoms with van der Waals surface area (Å²) >= 11 is 17.3. The van der Waals surface area contributed by atoms with Gasteiger partial charge in [0.25, 0.3) is 6.29 Å². The van der Waals surface area contributed by atoms with Gasteiger partial charge < -0.3 is 14.6 Å². The molecule has 0 radical (unpaired) electrons. The minimum Gasteiger partial charge on any atom is -0.497 e. The van der Waals surface area contributed by atoms with Gasteiger partial charge in [0.05, 0.1) is 7.11 Å². The van der Waals surface area contributed by atoms with E-state index < -0.39 is 22.2 Å². The van der Waals surface area contributed by atoms with Crippen LogP contribution in [0.2, 0.25) is 0 Å². The molecular formula is C12H13Cl3N2O5. The van der Waals surface area contributed by atoms with Gasteiger partial charge in [-0.1, -0.05) is 34.8 Å². The number of carbonyl (C=O) groups excluding carboxylic acids is 1. The summed E-state index contributed by atoms with van der Waals surface area (Å²) in [6.45, 7) is 0. The van der Waals surface area contributed by atoms with E-state index in [-0.39, 0.29) is 11.4 Å². The lowest BCUT2D eigenvalue weighted by molar-refractivity contribution is -0.154. The second kappa shape index (κ2) is 6.66. The van der Waals surface area contributed by atoms with Crippen LogP contribution in [0, 0.1) is 0 Å². The molecule has 0 fully saturated rings. The highest BCUT2D eigenvalue weighted by molar-refractivity contribution is 6.68. The van der Waals surface area contributed by atoms with Gasteiger partial charge in [-0.25, -0.2) is 4.84 Å². The molecule has 1 aromatic carbocycles. The standard InChI is InChI=1S/C12H13Cl3N2O5/c1-16-11(12(13,14)15)22-17-7-4-3-6(20-2)5-8(7)21-10(19)9(17)18/h3-5,10-11,16,19H,1-2H3/t10-,11+/m1/s1. The smallest absolute Gasteiger partial charge is 0.320 e. The number of alkyl halides is 3. The van der Waals surface area contributed by atoms with Crippen molar-refractivity contribution in [2.75, 3.05) is 19.2 Å². The first-order valence-corrected chi connectivity index (χ1v) is 7.18. The summed E-state index contributed by atoms with van der Waals surface area (Å²) < 4.78 is 8.31. The third kappa shape index (κ3) is 3.51. The Morgan fingerprint density at radius 3 is 2.68 bits per heavy atom. The van der Waals surface area contributed by atoms with Crippen molar-refractivity contribution < 1.29 is 24.2 Å². The van der Waals surface area contributed by atoms with Crippen LogP contribution in [0.1, 0.15) is 0 Å². The fraction of sp³-hybridized carbons (Fsp3) is 0.417. The Kier molecular flexibility index (Phi) is 5.26. The van der Waals surface area contributed by atoms with Crippen molar-refractivity contribution >= 4 is 46.4 Å². The zero-order valence-corrected chi connectivity index (χ0v) is 13.8. The quantitative estimate of drug-likeness (QED) is 0.618. The number of fused-ring (bicyclic) bond motifs is 1. The van der Waals surface area contributed by atoms with Crippen LogP contribution in [-0.2, 0) is 9.63 Å². The number of nitrogens with one attached hydrogen (secondary N) is 1. The average molecular weight is 372 g/mol. The van der Waals surface area contributed by atoms with Crippen LogP contribution in [0.5, 0.6) is 11.5 Å². The van der Waals surface area contributed by atoms with Crippen LogP contribution in [-0.4, -0.2) is 41.5 Å². The highest BCUT2D eigenvalue weighted by Gasteiger charge is 2.41. The number of aliphatic hydroxyl groups is 1. The molecule has 0 bridgehead atoms. The minimum atomic E-state index is -1.84. The topological polar surface area (TPSA) is 80.3 Å². The Labute approximate surface area is 141 Å². The van der Waals surface area contributed by atoms with E-state index in [4.69, 9.17) is 49.1 Å². The molecule has 2 rings (SSSR count). The first-order chi connectivity index (χ1) is 10.3. The highest BCUT2D eigenvalue weighted by Crippen LogP contribution is 2.39. The lowest BCUT2D eigenvalue weighted by Crippen LogP contribution is -2.52. The largest absolute Gasteiger partial charge is 0.497 e. The predicted molar refractivity (Wildman–Crippen MR) is 81.3 cm³/mol. The molecule has 122 valence electrons.